The van der Waals surface area contributed by atoms with Crippen molar-refractivity contribution < 1.29 is 22.7 Å². The van der Waals surface area contributed by atoms with Crippen LogP contribution in [0.2, 0.25) is 0 Å². The van der Waals surface area contributed by atoms with Gasteiger partial charge in [-0.15, -0.1) is 0 Å². The van der Waals surface area contributed by atoms with Crippen molar-refractivity contribution in [2.75, 3.05) is 25.0 Å². The number of aryl methyl sites for hydroxylation is 1. The van der Waals surface area contributed by atoms with Crippen molar-refractivity contribution in [1.29, 1.82) is 0 Å². The topological polar surface area (TPSA) is 50.4 Å². The maximum absolute atomic E-state index is 12.6. The van der Waals surface area contributed by atoms with E-state index in [4.69, 9.17) is 4.74 Å². The van der Waals surface area contributed by atoms with Gasteiger partial charge < -0.3 is 15.4 Å². The van der Waals surface area contributed by atoms with Gasteiger partial charge in [-0.2, -0.15) is 13.2 Å². The van der Waals surface area contributed by atoms with Crippen LogP contribution in [0.25, 0.3) is 0 Å². The molecule has 0 radical (unpaired) electrons. The summed E-state index contributed by atoms with van der Waals surface area (Å²) in [6, 6.07) is 4.56. The minimum atomic E-state index is -4.40. The average molecular weight is 334 g/mol. The lowest BCUT2D eigenvalue weighted by molar-refractivity contribution is -0.119. The van der Waals surface area contributed by atoms with E-state index in [2.05, 4.69) is 10.6 Å². The van der Waals surface area contributed by atoms with Gasteiger partial charge in [0.05, 0.1) is 24.8 Å². The number of ether oxygens (including phenoxy) is 1. The zero-order valence-corrected chi connectivity index (χ0v) is 12.8. The van der Waals surface area contributed by atoms with Crippen LogP contribution >= 0.6 is 11.8 Å². The van der Waals surface area contributed by atoms with E-state index in [0.717, 1.165) is 6.54 Å². The van der Waals surface area contributed by atoms with Crippen molar-refractivity contribution in [3.63, 3.8) is 0 Å². The molecule has 0 aromatic heterocycles. The van der Waals surface area contributed by atoms with Gasteiger partial charge in [-0.1, -0.05) is 6.07 Å². The number of halogens is 3. The summed E-state index contributed by atoms with van der Waals surface area (Å²) in [7, 11) is 0. The van der Waals surface area contributed by atoms with E-state index in [-0.39, 0.29) is 40.8 Å². The number of morpholine rings is 1. The molecule has 2 rings (SSSR count). The summed E-state index contributed by atoms with van der Waals surface area (Å²) in [5.74, 6) is -0.360. The summed E-state index contributed by atoms with van der Waals surface area (Å²) in [6.45, 7) is 3.53. The summed E-state index contributed by atoms with van der Waals surface area (Å²) < 4.78 is 43.2. The molecule has 1 amide bonds. The van der Waals surface area contributed by atoms with E-state index in [1.54, 1.807) is 13.0 Å². The lowest BCUT2D eigenvalue weighted by Gasteiger charge is -2.23. The van der Waals surface area contributed by atoms with E-state index in [1.165, 1.54) is 12.1 Å². The molecule has 1 aliphatic heterocycles. The van der Waals surface area contributed by atoms with Gasteiger partial charge in [0.2, 0.25) is 5.91 Å². The molecule has 1 fully saturated rings. The predicted molar refractivity (Wildman–Crippen MR) is 78.9 cm³/mol. The summed E-state index contributed by atoms with van der Waals surface area (Å²) in [5, 5.41) is 5.64. The van der Waals surface area contributed by atoms with Crippen LogP contribution in [0.15, 0.2) is 23.1 Å². The highest BCUT2D eigenvalue weighted by Crippen LogP contribution is 2.40. The van der Waals surface area contributed by atoms with Gasteiger partial charge in [-0.3, -0.25) is 4.79 Å². The molecule has 1 saturated heterocycles. The molecule has 1 aromatic carbocycles. The molecule has 8 heteroatoms. The van der Waals surface area contributed by atoms with Crippen LogP contribution < -0.4 is 10.6 Å². The lowest BCUT2D eigenvalue weighted by Crippen LogP contribution is -2.40. The fraction of sp³-hybridized carbons (Fsp3) is 0.500. The first kappa shape index (κ1) is 17.1. The van der Waals surface area contributed by atoms with Crippen molar-refractivity contribution in [3.8, 4) is 0 Å². The highest BCUT2D eigenvalue weighted by Gasteiger charge is 2.31. The van der Waals surface area contributed by atoms with Crippen LogP contribution in [-0.4, -0.2) is 37.2 Å². The maximum atomic E-state index is 12.6. The Balaban J connectivity index is 2.03. The van der Waals surface area contributed by atoms with E-state index in [9.17, 15) is 18.0 Å². The standard InChI is InChI=1S/C14H17F3N2O2S/c1-9-2-3-11(12(6-9)22-14(15,16)17)19-13(20)7-10-8-18-4-5-21-10/h2-3,6,10,18H,4-5,7-8H2,1H3,(H,19,20)/t10-/m1/s1. The normalized spacial score (nSPS) is 19.0. The molecule has 0 saturated carbocycles. The van der Waals surface area contributed by atoms with Crippen LogP contribution in [-0.2, 0) is 9.53 Å². The molecule has 0 spiro atoms. The molecule has 1 atom stereocenters. The maximum Gasteiger partial charge on any atom is 0.446 e. The number of amides is 1. The quantitative estimate of drug-likeness (QED) is 0.832. The molecule has 2 N–H and O–H groups in total. The fourth-order valence-corrected chi connectivity index (χ4v) is 2.82. The second-order valence-corrected chi connectivity index (χ2v) is 6.10. The van der Waals surface area contributed by atoms with E-state index in [1.807, 2.05) is 0 Å². The number of rotatable bonds is 4. The summed E-state index contributed by atoms with van der Waals surface area (Å²) in [5.41, 5.74) is -3.53. The van der Waals surface area contributed by atoms with Gasteiger partial charge in [-0.05, 0) is 36.4 Å². The summed E-state index contributed by atoms with van der Waals surface area (Å²) >= 11 is -0.229. The number of anilines is 1. The number of carbonyl (C=O) groups excluding carboxylic acids is 1. The molecule has 22 heavy (non-hydrogen) atoms. The zero-order chi connectivity index (χ0) is 16.2. The first-order valence-electron chi connectivity index (χ1n) is 6.82. The second kappa shape index (κ2) is 7.34. The third-order valence-electron chi connectivity index (χ3n) is 3.05. The van der Waals surface area contributed by atoms with E-state index in [0.29, 0.717) is 18.7 Å². The first-order chi connectivity index (χ1) is 10.3. The van der Waals surface area contributed by atoms with Crippen LogP contribution in [0.5, 0.6) is 0 Å². The second-order valence-electron chi connectivity index (χ2n) is 5.00. The Morgan fingerprint density at radius 3 is 2.91 bits per heavy atom. The highest BCUT2D eigenvalue weighted by molar-refractivity contribution is 8.00. The Hall–Kier alpha value is -1.25. The van der Waals surface area contributed by atoms with Crippen molar-refractivity contribution in [3.05, 3.63) is 23.8 Å². The number of hydrogen-bond acceptors (Lipinski definition) is 4. The van der Waals surface area contributed by atoms with Crippen LogP contribution in [0.4, 0.5) is 18.9 Å². The van der Waals surface area contributed by atoms with Gasteiger partial charge in [0.15, 0.2) is 0 Å². The predicted octanol–water partition coefficient (Wildman–Crippen LogP) is 2.92. The van der Waals surface area contributed by atoms with Gasteiger partial charge in [0, 0.05) is 18.0 Å². The molecular formula is C14H17F3N2O2S. The Morgan fingerprint density at radius 1 is 1.50 bits per heavy atom. The summed E-state index contributed by atoms with van der Waals surface area (Å²) in [4.78, 5) is 12.0. The Labute approximate surface area is 130 Å². The SMILES string of the molecule is Cc1ccc(NC(=O)C[C@@H]2CNCCO2)c(SC(F)(F)F)c1. The minimum absolute atomic E-state index is 0.0106. The molecular weight excluding hydrogens is 317 g/mol. The number of benzene rings is 1. The monoisotopic (exact) mass is 334 g/mol. The number of alkyl halides is 3. The number of nitrogens with one attached hydrogen (secondary N) is 2. The van der Waals surface area contributed by atoms with Crippen molar-refractivity contribution in [2.45, 2.75) is 29.9 Å². The average Bonchev–Trinajstić information content (AvgIpc) is 2.41. The molecule has 0 aliphatic carbocycles. The molecule has 1 heterocycles. The fourth-order valence-electron chi connectivity index (χ4n) is 2.10. The largest absolute Gasteiger partial charge is 0.446 e. The molecule has 122 valence electrons. The third-order valence-corrected chi connectivity index (χ3v) is 3.84. The Bertz CT molecular complexity index is 531. The molecule has 1 aromatic rings. The third kappa shape index (κ3) is 5.51. The number of thioether (sulfide) groups is 1. The highest BCUT2D eigenvalue weighted by atomic mass is 32.2. The number of hydrogen-bond donors (Lipinski definition) is 2. The van der Waals surface area contributed by atoms with Gasteiger partial charge in [0.25, 0.3) is 0 Å². The van der Waals surface area contributed by atoms with E-state index >= 15 is 0 Å². The van der Waals surface area contributed by atoms with Crippen LogP contribution in [0.3, 0.4) is 0 Å². The van der Waals surface area contributed by atoms with Crippen LogP contribution in [0.1, 0.15) is 12.0 Å². The van der Waals surface area contributed by atoms with Crippen molar-refractivity contribution in [1.82, 2.24) is 5.32 Å². The Morgan fingerprint density at radius 2 is 2.27 bits per heavy atom. The van der Waals surface area contributed by atoms with Gasteiger partial charge in [0.1, 0.15) is 0 Å². The van der Waals surface area contributed by atoms with Crippen molar-refractivity contribution >= 4 is 23.4 Å². The zero-order valence-electron chi connectivity index (χ0n) is 12.0. The first-order valence-corrected chi connectivity index (χ1v) is 7.64. The van der Waals surface area contributed by atoms with Crippen LogP contribution in [0, 0.1) is 6.92 Å². The number of carbonyl (C=O) groups is 1. The minimum Gasteiger partial charge on any atom is -0.375 e. The summed E-state index contributed by atoms with van der Waals surface area (Å²) in [6.07, 6.45) is -0.144. The van der Waals surface area contributed by atoms with Crippen molar-refractivity contribution in [2.24, 2.45) is 0 Å². The molecule has 0 bridgehead atoms. The Kier molecular flexibility index (Phi) is 5.71. The smallest absolute Gasteiger partial charge is 0.375 e. The molecule has 1 aliphatic rings. The van der Waals surface area contributed by atoms with Gasteiger partial charge in [-0.25, -0.2) is 0 Å². The lowest BCUT2D eigenvalue weighted by atomic mass is 10.2. The molecule has 0 unspecified atom stereocenters. The van der Waals surface area contributed by atoms with Gasteiger partial charge >= 0.3 is 5.51 Å². The molecule has 4 nitrogen and oxygen atoms in total. The van der Waals surface area contributed by atoms with E-state index < -0.39 is 5.51 Å².